The van der Waals surface area contributed by atoms with E-state index in [9.17, 15) is 4.39 Å². The van der Waals surface area contributed by atoms with Gasteiger partial charge >= 0.3 is 0 Å². The zero-order valence-corrected chi connectivity index (χ0v) is 11.3. The van der Waals surface area contributed by atoms with Crippen molar-refractivity contribution in [3.8, 4) is 5.75 Å². The van der Waals surface area contributed by atoms with E-state index in [0.717, 1.165) is 5.69 Å². The van der Waals surface area contributed by atoms with Crippen molar-refractivity contribution in [3.05, 3.63) is 58.8 Å². The van der Waals surface area contributed by atoms with E-state index < -0.39 is 0 Å². The molecule has 0 saturated heterocycles. The van der Waals surface area contributed by atoms with Crippen LogP contribution >= 0.6 is 15.9 Å². The minimum absolute atomic E-state index is 0.281. The fourth-order valence-corrected chi connectivity index (χ4v) is 1.97. The largest absolute Gasteiger partial charge is 0.491 e. The molecule has 1 N–H and O–H groups in total. The molecule has 0 radical (unpaired) electrons. The van der Waals surface area contributed by atoms with Crippen molar-refractivity contribution in [2.45, 2.75) is 0 Å². The number of benzene rings is 2. The van der Waals surface area contributed by atoms with Crippen molar-refractivity contribution in [2.75, 3.05) is 18.5 Å². The molecule has 0 saturated carbocycles. The van der Waals surface area contributed by atoms with Gasteiger partial charge in [0.05, 0.1) is 4.47 Å². The smallest absolute Gasteiger partial charge is 0.133 e. The van der Waals surface area contributed by atoms with Crippen LogP contribution in [0.1, 0.15) is 0 Å². The summed E-state index contributed by atoms with van der Waals surface area (Å²) in [6, 6.07) is 14.3. The Morgan fingerprint density at radius 2 is 1.89 bits per heavy atom. The van der Waals surface area contributed by atoms with Gasteiger partial charge in [-0.05, 0) is 46.3 Å². The lowest BCUT2D eigenvalue weighted by molar-refractivity contribution is 0.330. The van der Waals surface area contributed by atoms with Crippen LogP contribution in [0.25, 0.3) is 0 Å². The molecule has 0 aliphatic rings. The number of rotatable bonds is 5. The summed E-state index contributed by atoms with van der Waals surface area (Å²) in [6.45, 7) is 1.20. The van der Waals surface area contributed by atoms with Gasteiger partial charge in [-0.3, -0.25) is 0 Å². The van der Waals surface area contributed by atoms with E-state index in [2.05, 4.69) is 21.2 Å². The second kappa shape index (κ2) is 6.40. The first-order chi connectivity index (χ1) is 8.75. The Kier molecular flexibility index (Phi) is 4.59. The molecule has 0 aromatic heterocycles. The van der Waals surface area contributed by atoms with Gasteiger partial charge in [0.25, 0.3) is 0 Å². The lowest BCUT2D eigenvalue weighted by atomic mass is 10.3. The first-order valence-electron chi connectivity index (χ1n) is 5.62. The first kappa shape index (κ1) is 12.9. The van der Waals surface area contributed by atoms with E-state index in [-0.39, 0.29) is 5.82 Å². The van der Waals surface area contributed by atoms with E-state index >= 15 is 0 Å². The highest BCUT2D eigenvalue weighted by atomic mass is 79.9. The summed E-state index contributed by atoms with van der Waals surface area (Å²) in [5.74, 6) is 0.364. The monoisotopic (exact) mass is 309 g/mol. The maximum absolute atomic E-state index is 12.9. The predicted molar refractivity (Wildman–Crippen MR) is 74.5 cm³/mol. The van der Waals surface area contributed by atoms with Gasteiger partial charge < -0.3 is 10.1 Å². The average Bonchev–Trinajstić information content (AvgIpc) is 2.38. The predicted octanol–water partition coefficient (Wildman–Crippen LogP) is 4.08. The van der Waals surface area contributed by atoms with Crippen LogP contribution in [0, 0.1) is 5.82 Å². The molecule has 2 nitrogen and oxygen atoms in total. The highest BCUT2D eigenvalue weighted by Crippen LogP contribution is 2.25. The van der Waals surface area contributed by atoms with Gasteiger partial charge in [-0.1, -0.05) is 18.2 Å². The number of halogens is 2. The lowest BCUT2D eigenvalue weighted by Crippen LogP contribution is -2.11. The maximum Gasteiger partial charge on any atom is 0.133 e. The highest BCUT2D eigenvalue weighted by molar-refractivity contribution is 9.10. The molecule has 0 atom stereocenters. The van der Waals surface area contributed by atoms with Crippen molar-refractivity contribution in [1.82, 2.24) is 0 Å². The van der Waals surface area contributed by atoms with Crippen LogP contribution in [0.15, 0.2) is 53.0 Å². The summed E-state index contributed by atoms with van der Waals surface area (Å²) >= 11 is 3.26. The number of nitrogens with one attached hydrogen (secondary N) is 1. The third-order valence-electron chi connectivity index (χ3n) is 2.36. The van der Waals surface area contributed by atoms with E-state index in [4.69, 9.17) is 4.74 Å². The molecule has 0 spiro atoms. The highest BCUT2D eigenvalue weighted by Gasteiger charge is 2.01. The Balaban J connectivity index is 1.79. The number of hydrogen-bond acceptors (Lipinski definition) is 2. The van der Waals surface area contributed by atoms with Gasteiger partial charge in [-0.15, -0.1) is 0 Å². The van der Waals surface area contributed by atoms with E-state index in [1.807, 2.05) is 30.3 Å². The Morgan fingerprint density at radius 1 is 1.11 bits per heavy atom. The maximum atomic E-state index is 12.9. The number of ether oxygens (including phenoxy) is 1. The number of anilines is 1. The quantitative estimate of drug-likeness (QED) is 0.840. The lowest BCUT2D eigenvalue weighted by Gasteiger charge is -2.09. The fourth-order valence-electron chi connectivity index (χ4n) is 1.50. The van der Waals surface area contributed by atoms with Crippen molar-refractivity contribution < 1.29 is 9.13 Å². The van der Waals surface area contributed by atoms with Gasteiger partial charge in [0, 0.05) is 12.2 Å². The first-order valence-corrected chi connectivity index (χ1v) is 6.42. The second-order valence-electron chi connectivity index (χ2n) is 3.72. The summed E-state index contributed by atoms with van der Waals surface area (Å²) < 4.78 is 19.0. The van der Waals surface area contributed by atoms with Crippen LogP contribution < -0.4 is 10.1 Å². The Hall–Kier alpha value is -1.55. The summed E-state index contributed by atoms with van der Waals surface area (Å²) in [4.78, 5) is 0. The molecule has 2 aromatic carbocycles. The molecule has 4 heteroatoms. The fraction of sp³-hybridized carbons (Fsp3) is 0.143. The molecular weight excluding hydrogens is 297 g/mol. The van der Waals surface area contributed by atoms with Crippen molar-refractivity contribution in [3.63, 3.8) is 0 Å². The van der Waals surface area contributed by atoms with Crippen molar-refractivity contribution >= 4 is 21.6 Å². The molecule has 0 fully saturated rings. The molecule has 94 valence electrons. The average molecular weight is 310 g/mol. The van der Waals surface area contributed by atoms with Crippen LogP contribution in [0.3, 0.4) is 0 Å². The van der Waals surface area contributed by atoms with E-state index in [1.54, 1.807) is 6.07 Å². The third-order valence-corrected chi connectivity index (χ3v) is 2.98. The van der Waals surface area contributed by atoms with Crippen LogP contribution in [-0.4, -0.2) is 13.2 Å². The molecule has 2 rings (SSSR count). The minimum Gasteiger partial charge on any atom is -0.491 e. The Bertz CT molecular complexity index is 504. The molecule has 0 aliphatic carbocycles. The molecule has 0 unspecified atom stereocenters. The second-order valence-corrected chi connectivity index (χ2v) is 4.57. The van der Waals surface area contributed by atoms with Gasteiger partial charge in [0.2, 0.25) is 0 Å². The summed E-state index contributed by atoms with van der Waals surface area (Å²) in [6.07, 6.45) is 0. The van der Waals surface area contributed by atoms with Gasteiger partial charge in [-0.2, -0.15) is 0 Å². The SMILES string of the molecule is Fc1ccc(OCCNc2ccccc2)c(Br)c1. The van der Waals surface area contributed by atoms with Gasteiger partial charge in [0.15, 0.2) is 0 Å². The standard InChI is InChI=1S/C14H13BrFNO/c15-13-10-11(16)6-7-14(13)18-9-8-17-12-4-2-1-3-5-12/h1-7,10,17H,8-9H2. The molecule has 0 bridgehead atoms. The summed E-state index contributed by atoms with van der Waals surface area (Å²) in [7, 11) is 0. The third kappa shape index (κ3) is 3.74. The van der Waals surface area contributed by atoms with Crippen LogP contribution in [-0.2, 0) is 0 Å². The van der Waals surface area contributed by atoms with Crippen LogP contribution in [0.5, 0.6) is 5.75 Å². The number of para-hydroxylation sites is 1. The molecule has 0 heterocycles. The summed E-state index contributed by atoms with van der Waals surface area (Å²) in [5.41, 5.74) is 1.05. The van der Waals surface area contributed by atoms with Gasteiger partial charge in [0.1, 0.15) is 18.2 Å². The topological polar surface area (TPSA) is 21.3 Å². The van der Waals surface area contributed by atoms with Crippen molar-refractivity contribution in [1.29, 1.82) is 0 Å². The zero-order valence-electron chi connectivity index (χ0n) is 9.70. The van der Waals surface area contributed by atoms with E-state index in [1.165, 1.54) is 12.1 Å². The van der Waals surface area contributed by atoms with Crippen LogP contribution in [0.2, 0.25) is 0 Å². The Labute approximate surface area is 114 Å². The minimum atomic E-state index is -0.281. The molecule has 0 amide bonds. The molecule has 0 aliphatic heterocycles. The summed E-state index contributed by atoms with van der Waals surface area (Å²) in [5, 5.41) is 3.23. The van der Waals surface area contributed by atoms with E-state index in [0.29, 0.717) is 23.4 Å². The molecular formula is C14H13BrFNO. The Morgan fingerprint density at radius 3 is 2.61 bits per heavy atom. The normalized spacial score (nSPS) is 10.1. The van der Waals surface area contributed by atoms with Gasteiger partial charge in [-0.25, -0.2) is 4.39 Å². The number of hydrogen-bond donors (Lipinski definition) is 1. The van der Waals surface area contributed by atoms with Crippen molar-refractivity contribution in [2.24, 2.45) is 0 Å². The zero-order chi connectivity index (χ0) is 12.8. The molecule has 18 heavy (non-hydrogen) atoms. The van der Waals surface area contributed by atoms with Crippen LogP contribution in [0.4, 0.5) is 10.1 Å². The molecule has 2 aromatic rings.